The van der Waals surface area contributed by atoms with Crippen LogP contribution in [0, 0.1) is 11.7 Å². The number of nitrogens with one attached hydrogen (secondary N) is 1. The van der Waals surface area contributed by atoms with Crippen molar-refractivity contribution >= 4 is 17.9 Å². The summed E-state index contributed by atoms with van der Waals surface area (Å²) in [5.74, 6) is -0.861. The van der Waals surface area contributed by atoms with Crippen LogP contribution in [-0.4, -0.2) is 41.1 Å². The number of halogens is 4. The number of amides is 2. The Morgan fingerprint density at radius 1 is 1.30 bits per heavy atom. The van der Waals surface area contributed by atoms with E-state index in [-0.39, 0.29) is 23.3 Å². The number of urea groups is 1. The van der Waals surface area contributed by atoms with E-state index >= 15 is 0 Å². The molecule has 160 valence electrons. The summed E-state index contributed by atoms with van der Waals surface area (Å²) in [6.45, 7) is 2.51. The number of piperidine rings is 1. The minimum absolute atomic E-state index is 0.113. The lowest BCUT2D eigenvalue weighted by Gasteiger charge is -2.33. The van der Waals surface area contributed by atoms with Crippen LogP contribution in [0.15, 0.2) is 36.2 Å². The summed E-state index contributed by atoms with van der Waals surface area (Å²) < 4.78 is 57.9. The first-order valence-electron chi connectivity index (χ1n) is 9.17. The van der Waals surface area contributed by atoms with Gasteiger partial charge in [-0.3, -0.25) is 5.32 Å². The fraction of sp³-hybridized carbons (Fsp3) is 0.350. The Labute approximate surface area is 170 Å². The predicted octanol–water partition coefficient (Wildman–Crippen LogP) is 4.60. The number of hydrogen-bond donors (Lipinski definition) is 1. The second-order valence-corrected chi connectivity index (χ2v) is 6.90. The number of anilines is 1. The van der Waals surface area contributed by atoms with Gasteiger partial charge in [-0.2, -0.15) is 13.2 Å². The molecule has 1 unspecified atom stereocenters. The van der Waals surface area contributed by atoms with Crippen molar-refractivity contribution in [2.75, 3.05) is 25.5 Å². The normalized spacial score (nSPS) is 18.4. The molecular weight excluding hydrogens is 404 g/mol. The molecule has 0 aliphatic carbocycles. The second kappa shape index (κ2) is 8.68. The summed E-state index contributed by atoms with van der Waals surface area (Å²) in [4.78, 5) is 22.0. The number of carbonyl (C=O) groups is 1. The molecule has 3 rings (SSSR count). The van der Waals surface area contributed by atoms with Crippen LogP contribution in [0.4, 0.5) is 28.2 Å². The lowest BCUT2D eigenvalue weighted by atomic mass is 9.91. The standard InChI is InChI=1S/C20H20F4N4O2/c1-12-11-28(19(29)27-16-9-26-17(30-2)10-25-16)7-6-13(12)8-14-4-3-5-15(18(14)21)20(22,23)24/h3-5,8-10,12H,6-7,11H2,1-2H3,(H,25,27,29)/b13-8+. The Morgan fingerprint density at radius 3 is 2.67 bits per heavy atom. The first-order valence-corrected chi connectivity index (χ1v) is 9.17. The third-order valence-electron chi connectivity index (χ3n) is 4.83. The van der Waals surface area contributed by atoms with Gasteiger partial charge in [-0.1, -0.05) is 30.7 Å². The van der Waals surface area contributed by atoms with Crippen LogP contribution in [0.25, 0.3) is 6.08 Å². The Morgan fingerprint density at radius 2 is 2.07 bits per heavy atom. The third-order valence-corrected chi connectivity index (χ3v) is 4.83. The Hall–Kier alpha value is -3.17. The van der Waals surface area contributed by atoms with Crippen molar-refractivity contribution in [3.8, 4) is 5.88 Å². The molecule has 1 saturated heterocycles. The summed E-state index contributed by atoms with van der Waals surface area (Å²) in [5.41, 5.74) is -0.624. The van der Waals surface area contributed by atoms with Gasteiger partial charge in [0.1, 0.15) is 5.82 Å². The van der Waals surface area contributed by atoms with Crippen LogP contribution >= 0.6 is 0 Å². The van der Waals surface area contributed by atoms with E-state index in [4.69, 9.17) is 4.74 Å². The second-order valence-electron chi connectivity index (χ2n) is 6.90. The van der Waals surface area contributed by atoms with Gasteiger partial charge < -0.3 is 9.64 Å². The van der Waals surface area contributed by atoms with E-state index in [1.165, 1.54) is 37.7 Å². The highest BCUT2D eigenvalue weighted by Gasteiger charge is 2.34. The average Bonchev–Trinajstić information content (AvgIpc) is 2.70. The van der Waals surface area contributed by atoms with E-state index in [9.17, 15) is 22.4 Å². The molecule has 2 aromatic rings. The van der Waals surface area contributed by atoms with Crippen molar-refractivity contribution in [3.05, 3.63) is 53.1 Å². The van der Waals surface area contributed by atoms with Gasteiger partial charge in [0.2, 0.25) is 5.88 Å². The molecule has 1 aromatic heterocycles. The topological polar surface area (TPSA) is 67.3 Å². The largest absolute Gasteiger partial charge is 0.480 e. The van der Waals surface area contributed by atoms with Crippen molar-refractivity contribution in [1.82, 2.24) is 14.9 Å². The molecule has 0 spiro atoms. The molecule has 0 radical (unpaired) electrons. The van der Waals surface area contributed by atoms with E-state index in [1.807, 2.05) is 6.92 Å². The number of rotatable bonds is 3. The Bertz CT molecular complexity index is 945. The van der Waals surface area contributed by atoms with Crippen LogP contribution in [0.5, 0.6) is 5.88 Å². The summed E-state index contributed by atoms with van der Waals surface area (Å²) in [6, 6.07) is 2.84. The quantitative estimate of drug-likeness (QED) is 0.732. The van der Waals surface area contributed by atoms with Gasteiger partial charge in [0, 0.05) is 18.7 Å². The van der Waals surface area contributed by atoms with Crippen LogP contribution < -0.4 is 10.1 Å². The SMILES string of the molecule is COc1cnc(NC(=O)N2CC/C(=C\c3cccc(C(F)(F)F)c3F)C(C)C2)cn1. The zero-order chi connectivity index (χ0) is 21.9. The summed E-state index contributed by atoms with van der Waals surface area (Å²) in [6.07, 6.45) is -0.154. The third kappa shape index (κ3) is 4.87. The maximum Gasteiger partial charge on any atom is 0.419 e. The lowest BCUT2D eigenvalue weighted by Crippen LogP contribution is -2.42. The summed E-state index contributed by atoms with van der Waals surface area (Å²) in [5, 5.41) is 2.63. The number of benzene rings is 1. The smallest absolute Gasteiger partial charge is 0.419 e. The van der Waals surface area contributed by atoms with Crippen molar-refractivity contribution in [2.45, 2.75) is 19.5 Å². The van der Waals surface area contributed by atoms with Crippen molar-refractivity contribution < 1.29 is 27.1 Å². The molecule has 1 aromatic carbocycles. The van der Waals surface area contributed by atoms with Crippen molar-refractivity contribution in [3.63, 3.8) is 0 Å². The van der Waals surface area contributed by atoms with Crippen LogP contribution in [0.2, 0.25) is 0 Å². The predicted molar refractivity (Wildman–Crippen MR) is 102 cm³/mol. The number of carbonyl (C=O) groups excluding carboxylic acids is 1. The lowest BCUT2D eigenvalue weighted by molar-refractivity contribution is -0.140. The van der Waals surface area contributed by atoms with Gasteiger partial charge in [-0.05, 0) is 18.4 Å². The summed E-state index contributed by atoms with van der Waals surface area (Å²) in [7, 11) is 1.45. The van der Waals surface area contributed by atoms with E-state index < -0.39 is 17.6 Å². The molecule has 0 bridgehead atoms. The molecule has 6 nitrogen and oxygen atoms in total. The van der Waals surface area contributed by atoms with Gasteiger partial charge >= 0.3 is 12.2 Å². The zero-order valence-corrected chi connectivity index (χ0v) is 16.3. The van der Waals surface area contributed by atoms with Crippen molar-refractivity contribution in [2.24, 2.45) is 5.92 Å². The highest BCUT2D eigenvalue weighted by atomic mass is 19.4. The minimum Gasteiger partial charge on any atom is -0.480 e. The Kier molecular flexibility index (Phi) is 6.23. The molecule has 1 atom stereocenters. The zero-order valence-electron chi connectivity index (χ0n) is 16.3. The minimum atomic E-state index is -4.75. The number of aromatic nitrogens is 2. The van der Waals surface area contributed by atoms with Gasteiger partial charge in [-0.15, -0.1) is 0 Å². The molecule has 2 heterocycles. The highest BCUT2D eigenvalue weighted by Crippen LogP contribution is 2.34. The van der Waals surface area contributed by atoms with E-state index in [0.29, 0.717) is 25.4 Å². The van der Waals surface area contributed by atoms with Gasteiger partial charge in [-0.25, -0.2) is 19.2 Å². The molecule has 10 heteroatoms. The monoisotopic (exact) mass is 424 g/mol. The van der Waals surface area contributed by atoms with E-state index in [0.717, 1.165) is 11.6 Å². The number of ether oxygens (including phenoxy) is 1. The van der Waals surface area contributed by atoms with Gasteiger partial charge in [0.25, 0.3) is 0 Å². The molecule has 0 saturated carbocycles. The van der Waals surface area contributed by atoms with E-state index in [2.05, 4.69) is 15.3 Å². The van der Waals surface area contributed by atoms with E-state index in [1.54, 1.807) is 4.90 Å². The molecule has 1 fully saturated rings. The number of hydrogen-bond acceptors (Lipinski definition) is 4. The van der Waals surface area contributed by atoms with Gasteiger partial charge in [0.05, 0.1) is 25.1 Å². The maximum atomic E-state index is 14.3. The van der Waals surface area contributed by atoms with Crippen LogP contribution in [-0.2, 0) is 6.18 Å². The molecule has 2 amide bonds. The summed E-state index contributed by atoms with van der Waals surface area (Å²) >= 11 is 0. The Balaban J connectivity index is 1.68. The number of likely N-dealkylation sites (tertiary alicyclic amines) is 1. The first-order chi connectivity index (χ1) is 14.2. The fourth-order valence-corrected chi connectivity index (χ4v) is 3.20. The number of nitrogens with zero attached hydrogens (tertiary/aromatic N) is 3. The highest BCUT2D eigenvalue weighted by molar-refractivity contribution is 5.88. The first kappa shape index (κ1) is 21.5. The molecular formula is C20H20F4N4O2. The van der Waals surface area contributed by atoms with Crippen LogP contribution in [0.3, 0.4) is 0 Å². The molecule has 1 aliphatic heterocycles. The van der Waals surface area contributed by atoms with Crippen molar-refractivity contribution in [1.29, 1.82) is 0 Å². The maximum absolute atomic E-state index is 14.3. The number of methoxy groups -OCH3 is 1. The average molecular weight is 424 g/mol. The number of alkyl halides is 3. The molecule has 1 N–H and O–H groups in total. The van der Waals surface area contributed by atoms with Gasteiger partial charge in [0.15, 0.2) is 5.82 Å². The molecule has 1 aliphatic rings. The fourth-order valence-electron chi connectivity index (χ4n) is 3.20. The van der Waals surface area contributed by atoms with Crippen LogP contribution in [0.1, 0.15) is 24.5 Å². The molecule has 30 heavy (non-hydrogen) atoms.